The molecule has 1 aromatic rings. The van der Waals surface area contributed by atoms with Crippen LogP contribution in [0.4, 0.5) is 0 Å². The largest absolute Gasteiger partial charge is 0.243 e. The number of hydrogen-bond donors (Lipinski definition) is 0. The summed E-state index contributed by atoms with van der Waals surface area (Å²) in [6, 6.07) is 1.78. The third-order valence-electron chi connectivity index (χ3n) is 1.31. The van der Waals surface area contributed by atoms with Gasteiger partial charge in [0.25, 0.3) is 0 Å². The topological polar surface area (TPSA) is 12.9 Å². The molecule has 1 heterocycles. The fourth-order valence-electron chi connectivity index (χ4n) is 0.812. The second-order valence-corrected chi connectivity index (χ2v) is 3.32. The first-order valence-corrected chi connectivity index (χ1v) is 5.00. The maximum absolute atomic E-state index is 5.72. The summed E-state index contributed by atoms with van der Waals surface area (Å²) in [6.45, 7) is 1.80. The Bertz CT molecular complexity index is 338. The van der Waals surface area contributed by atoms with Crippen molar-refractivity contribution in [2.24, 2.45) is 0 Å². The highest BCUT2D eigenvalue weighted by Crippen LogP contribution is 2.20. The predicted octanol–water partition coefficient (Wildman–Crippen LogP) is 2.83. The zero-order chi connectivity index (χ0) is 8.97. The van der Waals surface area contributed by atoms with Crippen molar-refractivity contribution in [3.8, 4) is 11.8 Å². The van der Waals surface area contributed by atoms with E-state index >= 15 is 0 Å². The molecule has 3 heteroatoms. The molecule has 1 nitrogen and oxygen atoms in total. The Balaban J connectivity index is 3.18. The minimum absolute atomic E-state index is 0.491. The van der Waals surface area contributed by atoms with E-state index in [9.17, 15) is 0 Å². The predicted molar refractivity (Wildman–Crippen MR) is 53.6 cm³/mol. The van der Waals surface area contributed by atoms with Crippen molar-refractivity contribution in [3.05, 3.63) is 23.0 Å². The van der Waals surface area contributed by atoms with Gasteiger partial charge >= 0.3 is 0 Å². The van der Waals surface area contributed by atoms with Gasteiger partial charge in [-0.2, -0.15) is 0 Å². The second-order valence-electron chi connectivity index (χ2n) is 2.08. The van der Waals surface area contributed by atoms with Crippen LogP contribution in [0.2, 0.25) is 5.15 Å². The summed E-state index contributed by atoms with van der Waals surface area (Å²) in [5, 5.41) is 0.491. The minimum atomic E-state index is 0.491. The minimum Gasteiger partial charge on any atom is -0.243 e. The first-order valence-electron chi connectivity index (χ1n) is 3.40. The summed E-state index contributed by atoms with van der Waals surface area (Å²) in [6.07, 6.45) is 3.73. The smallest absolute Gasteiger partial charge is 0.130 e. The van der Waals surface area contributed by atoms with Crippen LogP contribution in [0.1, 0.15) is 12.5 Å². The molecule has 0 bridgehead atoms. The lowest BCUT2D eigenvalue weighted by Crippen LogP contribution is -1.83. The molecule has 0 radical (unpaired) electrons. The van der Waals surface area contributed by atoms with Gasteiger partial charge in [0.1, 0.15) is 5.15 Å². The molecule has 12 heavy (non-hydrogen) atoms. The molecule has 1 aromatic heterocycles. The summed E-state index contributed by atoms with van der Waals surface area (Å²) >= 11 is 7.34. The lowest BCUT2D eigenvalue weighted by Gasteiger charge is -1.99. The quantitative estimate of drug-likeness (QED) is 0.390. The summed E-state index contributed by atoms with van der Waals surface area (Å²) in [4.78, 5) is 5.03. The highest BCUT2D eigenvalue weighted by molar-refractivity contribution is 7.98. The molecule has 0 aliphatic carbocycles. The van der Waals surface area contributed by atoms with Crippen LogP contribution in [0.15, 0.2) is 17.2 Å². The van der Waals surface area contributed by atoms with Crippen molar-refractivity contribution in [2.75, 3.05) is 6.26 Å². The molecular formula is C9H8ClNS. The van der Waals surface area contributed by atoms with Gasteiger partial charge < -0.3 is 0 Å². The van der Waals surface area contributed by atoms with E-state index < -0.39 is 0 Å². The van der Waals surface area contributed by atoms with Crippen molar-refractivity contribution in [1.29, 1.82) is 0 Å². The number of rotatable bonds is 1. The monoisotopic (exact) mass is 197 g/mol. The molecule has 0 aromatic carbocycles. The van der Waals surface area contributed by atoms with Gasteiger partial charge in [0, 0.05) is 16.7 Å². The lowest BCUT2D eigenvalue weighted by molar-refractivity contribution is 1.22. The zero-order valence-electron chi connectivity index (χ0n) is 6.89. The van der Waals surface area contributed by atoms with E-state index in [0.717, 1.165) is 10.5 Å². The third-order valence-corrected chi connectivity index (χ3v) is 2.29. The van der Waals surface area contributed by atoms with Gasteiger partial charge in [-0.3, -0.25) is 0 Å². The summed E-state index contributed by atoms with van der Waals surface area (Å²) in [7, 11) is 0. The lowest BCUT2D eigenvalue weighted by atomic mass is 10.3. The highest BCUT2D eigenvalue weighted by Gasteiger charge is 1.99. The van der Waals surface area contributed by atoms with Crippen LogP contribution >= 0.6 is 23.4 Å². The van der Waals surface area contributed by atoms with E-state index in [1.54, 1.807) is 30.9 Å². The molecule has 0 aliphatic rings. The normalized spacial score (nSPS) is 8.92. The molecule has 0 fully saturated rings. The number of pyridine rings is 1. The second kappa shape index (κ2) is 4.39. The maximum atomic E-state index is 5.72. The Morgan fingerprint density at radius 2 is 2.33 bits per heavy atom. The van der Waals surface area contributed by atoms with E-state index in [1.165, 1.54) is 0 Å². The van der Waals surface area contributed by atoms with Crippen molar-refractivity contribution < 1.29 is 0 Å². The Labute approximate surface area is 81.5 Å². The van der Waals surface area contributed by atoms with Gasteiger partial charge in [0.2, 0.25) is 0 Å². The van der Waals surface area contributed by atoms with Crippen LogP contribution in [0, 0.1) is 11.8 Å². The van der Waals surface area contributed by atoms with Gasteiger partial charge in [0.05, 0.1) is 0 Å². The summed E-state index contributed by atoms with van der Waals surface area (Å²) in [5.74, 6) is 5.81. The van der Waals surface area contributed by atoms with E-state index in [0.29, 0.717) is 5.15 Å². The SMILES string of the molecule is CC#Cc1cc(Cl)ncc1SC. The Hall–Kier alpha value is -0.650. The summed E-state index contributed by atoms with van der Waals surface area (Å²) < 4.78 is 0. The Morgan fingerprint density at radius 3 is 2.92 bits per heavy atom. The molecule has 0 saturated carbocycles. The number of aromatic nitrogens is 1. The van der Waals surface area contributed by atoms with E-state index in [-0.39, 0.29) is 0 Å². The Morgan fingerprint density at radius 1 is 1.58 bits per heavy atom. The number of halogens is 1. The van der Waals surface area contributed by atoms with Gasteiger partial charge in [-0.15, -0.1) is 17.7 Å². The molecular weight excluding hydrogens is 190 g/mol. The highest BCUT2D eigenvalue weighted by atomic mass is 35.5. The van der Waals surface area contributed by atoms with Crippen LogP contribution in [0.25, 0.3) is 0 Å². The average molecular weight is 198 g/mol. The number of hydrogen-bond acceptors (Lipinski definition) is 2. The molecule has 0 unspecified atom stereocenters. The van der Waals surface area contributed by atoms with Crippen LogP contribution in [0.3, 0.4) is 0 Å². The van der Waals surface area contributed by atoms with E-state index in [1.807, 2.05) is 6.26 Å². The standard InChI is InChI=1S/C9H8ClNS/c1-3-4-7-5-9(10)11-6-8(7)12-2/h5-6H,1-2H3. The van der Waals surface area contributed by atoms with Gasteiger partial charge in [-0.05, 0) is 19.2 Å². The summed E-state index contributed by atoms with van der Waals surface area (Å²) in [5.41, 5.74) is 0.949. The van der Waals surface area contributed by atoms with Crippen LogP contribution in [-0.2, 0) is 0 Å². The first kappa shape index (κ1) is 9.44. The number of nitrogens with zero attached hydrogens (tertiary/aromatic N) is 1. The molecule has 0 atom stereocenters. The van der Waals surface area contributed by atoms with E-state index in [2.05, 4.69) is 16.8 Å². The Kier molecular flexibility index (Phi) is 3.46. The maximum Gasteiger partial charge on any atom is 0.130 e. The molecule has 0 saturated heterocycles. The van der Waals surface area contributed by atoms with Gasteiger partial charge in [-0.25, -0.2) is 4.98 Å². The van der Waals surface area contributed by atoms with Crippen molar-refractivity contribution in [3.63, 3.8) is 0 Å². The molecule has 62 valence electrons. The van der Waals surface area contributed by atoms with Crippen molar-refractivity contribution in [2.45, 2.75) is 11.8 Å². The van der Waals surface area contributed by atoms with E-state index in [4.69, 9.17) is 11.6 Å². The first-order chi connectivity index (χ1) is 5.77. The molecule has 0 aliphatic heterocycles. The zero-order valence-corrected chi connectivity index (χ0v) is 8.46. The molecule has 0 N–H and O–H groups in total. The third kappa shape index (κ3) is 2.17. The van der Waals surface area contributed by atoms with Crippen molar-refractivity contribution in [1.82, 2.24) is 4.98 Å². The van der Waals surface area contributed by atoms with Crippen LogP contribution < -0.4 is 0 Å². The average Bonchev–Trinajstić information content (AvgIpc) is 2.05. The van der Waals surface area contributed by atoms with Crippen LogP contribution in [-0.4, -0.2) is 11.2 Å². The van der Waals surface area contributed by atoms with Crippen LogP contribution in [0.5, 0.6) is 0 Å². The fourth-order valence-corrected chi connectivity index (χ4v) is 1.46. The molecule has 0 amide bonds. The van der Waals surface area contributed by atoms with Gasteiger partial charge in [0.15, 0.2) is 0 Å². The van der Waals surface area contributed by atoms with Gasteiger partial charge in [-0.1, -0.05) is 17.5 Å². The number of thioether (sulfide) groups is 1. The fraction of sp³-hybridized carbons (Fsp3) is 0.222. The molecule has 0 spiro atoms. The van der Waals surface area contributed by atoms with Crippen molar-refractivity contribution >= 4 is 23.4 Å². The molecule has 1 rings (SSSR count).